The van der Waals surface area contributed by atoms with Crippen molar-refractivity contribution in [1.29, 1.82) is 0 Å². The minimum Gasteiger partial charge on any atom is -0.356 e. The van der Waals surface area contributed by atoms with Gasteiger partial charge in [-0.25, -0.2) is 0 Å². The fourth-order valence-corrected chi connectivity index (χ4v) is 5.21. The molecule has 0 saturated heterocycles. The van der Waals surface area contributed by atoms with Crippen molar-refractivity contribution in [2.45, 2.75) is 11.5 Å². The Morgan fingerprint density at radius 3 is 2.41 bits per heavy atom. The molecule has 0 atom stereocenters. The van der Waals surface area contributed by atoms with E-state index >= 15 is 0 Å². The SMILES string of the molecule is c1ccc(-c2cc(CSSSCc3ccccn3)no2)cc1. The zero-order valence-corrected chi connectivity index (χ0v) is 14.2. The van der Waals surface area contributed by atoms with E-state index in [1.165, 1.54) is 0 Å². The maximum atomic E-state index is 5.39. The zero-order chi connectivity index (χ0) is 15.0. The van der Waals surface area contributed by atoms with Crippen molar-refractivity contribution in [3.63, 3.8) is 0 Å². The maximum Gasteiger partial charge on any atom is 0.167 e. The van der Waals surface area contributed by atoms with Crippen molar-refractivity contribution >= 4 is 31.4 Å². The maximum absolute atomic E-state index is 5.39. The van der Waals surface area contributed by atoms with Crippen LogP contribution in [0.3, 0.4) is 0 Å². The van der Waals surface area contributed by atoms with Gasteiger partial charge < -0.3 is 4.52 Å². The molecule has 2 heterocycles. The Bertz CT molecular complexity index is 689. The molecule has 0 unspecified atom stereocenters. The van der Waals surface area contributed by atoms with Crippen molar-refractivity contribution in [3.8, 4) is 11.3 Å². The first-order chi connectivity index (χ1) is 10.9. The molecule has 22 heavy (non-hydrogen) atoms. The van der Waals surface area contributed by atoms with E-state index in [2.05, 4.69) is 10.1 Å². The molecule has 3 aromatic rings. The molecule has 0 radical (unpaired) electrons. The number of nitrogens with zero attached hydrogens (tertiary/aromatic N) is 2. The summed E-state index contributed by atoms with van der Waals surface area (Å²) >= 11 is 0. The first kappa shape index (κ1) is 15.5. The average molecular weight is 347 g/mol. The summed E-state index contributed by atoms with van der Waals surface area (Å²) in [6.07, 6.45) is 1.83. The normalized spacial score (nSPS) is 10.7. The van der Waals surface area contributed by atoms with Gasteiger partial charge in [-0.15, -0.1) is 0 Å². The van der Waals surface area contributed by atoms with Crippen LogP contribution >= 0.6 is 31.4 Å². The number of aromatic nitrogens is 2. The summed E-state index contributed by atoms with van der Waals surface area (Å²) in [5, 5.41) is 4.12. The lowest BCUT2D eigenvalue weighted by Gasteiger charge is -1.98. The van der Waals surface area contributed by atoms with Crippen molar-refractivity contribution < 1.29 is 4.52 Å². The van der Waals surface area contributed by atoms with E-state index in [1.807, 2.05) is 60.8 Å². The summed E-state index contributed by atoms with van der Waals surface area (Å²) < 4.78 is 5.39. The zero-order valence-electron chi connectivity index (χ0n) is 11.7. The average Bonchev–Trinajstić information content (AvgIpc) is 3.05. The highest BCUT2D eigenvalue weighted by atomic mass is 33.5. The molecule has 1 aromatic carbocycles. The molecule has 3 rings (SSSR count). The van der Waals surface area contributed by atoms with Crippen LogP contribution in [0.5, 0.6) is 0 Å². The molecule has 0 aliphatic rings. The molecule has 6 heteroatoms. The van der Waals surface area contributed by atoms with Gasteiger partial charge in [-0.3, -0.25) is 4.98 Å². The fourth-order valence-electron chi connectivity index (χ4n) is 1.80. The Morgan fingerprint density at radius 1 is 0.864 bits per heavy atom. The molecule has 0 aliphatic heterocycles. The Kier molecular flexibility index (Phi) is 5.86. The van der Waals surface area contributed by atoms with Gasteiger partial charge in [-0.05, 0) is 22.0 Å². The Balaban J connectivity index is 1.42. The van der Waals surface area contributed by atoms with E-state index < -0.39 is 0 Å². The van der Waals surface area contributed by atoms with Gasteiger partial charge in [0, 0.05) is 23.6 Å². The molecule has 3 nitrogen and oxygen atoms in total. The predicted molar refractivity (Wildman–Crippen MR) is 96.4 cm³/mol. The largest absolute Gasteiger partial charge is 0.356 e. The molecule has 0 saturated carbocycles. The van der Waals surface area contributed by atoms with Crippen molar-refractivity contribution in [1.82, 2.24) is 10.1 Å². The van der Waals surface area contributed by atoms with Crippen LogP contribution < -0.4 is 0 Å². The van der Waals surface area contributed by atoms with Gasteiger partial charge >= 0.3 is 0 Å². The van der Waals surface area contributed by atoms with Crippen LogP contribution in [0.2, 0.25) is 0 Å². The quantitative estimate of drug-likeness (QED) is 0.417. The molecular formula is C16H14N2OS3. The summed E-state index contributed by atoms with van der Waals surface area (Å²) in [4.78, 5) is 4.30. The number of benzene rings is 1. The molecule has 112 valence electrons. The van der Waals surface area contributed by atoms with Gasteiger partial charge in [-0.1, -0.05) is 63.1 Å². The third-order valence-corrected chi connectivity index (χ3v) is 6.89. The number of rotatable bonds is 7. The van der Waals surface area contributed by atoms with E-state index in [9.17, 15) is 0 Å². The second kappa shape index (κ2) is 8.31. The van der Waals surface area contributed by atoms with Crippen LogP contribution in [-0.2, 0) is 11.5 Å². The monoisotopic (exact) mass is 346 g/mol. The van der Waals surface area contributed by atoms with Gasteiger partial charge in [0.15, 0.2) is 5.76 Å². The first-order valence-electron chi connectivity index (χ1n) is 6.74. The lowest BCUT2D eigenvalue weighted by atomic mass is 10.2. The summed E-state index contributed by atoms with van der Waals surface area (Å²) in [7, 11) is 5.31. The molecule has 0 amide bonds. The van der Waals surface area contributed by atoms with Gasteiger partial charge in [0.1, 0.15) is 0 Å². The molecule has 0 spiro atoms. The highest BCUT2D eigenvalue weighted by Gasteiger charge is 2.06. The Morgan fingerprint density at radius 2 is 1.64 bits per heavy atom. The van der Waals surface area contributed by atoms with Gasteiger partial charge in [-0.2, -0.15) is 0 Å². The van der Waals surface area contributed by atoms with Crippen LogP contribution in [0.4, 0.5) is 0 Å². The van der Waals surface area contributed by atoms with E-state index in [0.717, 1.165) is 34.2 Å². The second-order valence-corrected chi connectivity index (χ2v) is 8.69. The molecular weight excluding hydrogens is 332 g/mol. The number of hydrogen-bond donors (Lipinski definition) is 0. The fraction of sp³-hybridized carbons (Fsp3) is 0.125. The molecule has 0 fully saturated rings. The topological polar surface area (TPSA) is 38.9 Å². The predicted octanol–water partition coefficient (Wildman–Crippen LogP) is 5.47. The third-order valence-electron chi connectivity index (χ3n) is 2.85. The van der Waals surface area contributed by atoms with Crippen LogP contribution in [-0.4, -0.2) is 10.1 Å². The lowest BCUT2D eigenvalue weighted by Crippen LogP contribution is -1.81. The van der Waals surface area contributed by atoms with Gasteiger partial charge in [0.25, 0.3) is 0 Å². The van der Waals surface area contributed by atoms with Crippen molar-refractivity contribution in [2.24, 2.45) is 0 Å². The first-order valence-corrected chi connectivity index (χ1v) is 10.6. The molecule has 2 aromatic heterocycles. The van der Waals surface area contributed by atoms with E-state index in [4.69, 9.17) is 4.52 Å². The second-order valence-electron chi connectivity index (χ2n) is 4.46. The van der Waals surface area contributed by atoms with Crippen LogP contribution in [0.15, 0.2) is 65.3 Å². The summed E-state index contributed by atoms with van der Waals surface area (Å²) in [6.45, 7) is 0. The van der Waals surface area contributed by atoms with Crippen molar-refractivity contribution in [3.05, 3.63) is 72.2 Å². The van der Waals surface area contributed by atoms with Gasteiger partial charge in [0.2, 0.25) is 0 Å². The molecule has 0 N–H and O–H groups in total. The van der Waals surface area contributed by atoms with E-state index in [-0.39, 0.29) is 0 Å². The van der Waals surface area contributed by atoms with E-state index in [0.29, 0.717) is 0 Å². The Labute approximate surface area is 141 Å². The van der Waals surface area contributed by atoms with E-state index in [1.54, 1.807) is 31.4 Å². The molecule has 0 aliphatic carbocycles. The summed E-state index contributed by atoms with van der Waals surface area (Å²) in [6, 6.07) is 18.0. The molecule has 0 bridgehead atoms. The smallest absolute Gasteiger partial charge is 0.167 e. The highest BCUT2D eigenvalue weighted by molar-refractivity contribution is 9.09. The van der Waals surface area contributed by atoms with Crippen LogP contribution in [0.25, 0.3) is 11.3 Å². The van der Waals surface area contributed by atoms with Crippen LogP contribution in [0.1, 0.15) is 11.4 Å². The van der Waals surface area contributed by atoms with Gasteiger partial charge in [0.05, 0.1) is 17.1 Å². The number of pyridine rings is 1. The standard InChI is InChI=1S/C16H14N2OS3/c1-2-6-13(7-3-1)16-10-15(18-19-16)12-21-22-20-11-14-8-4-5-9-17-14/h1-10H,11-12H2. The van der Waals surface area contributed by atoms with Crippen LogP contribution in [0, 0.1) is 0 Å². The van der Waals surface area contributed by atoms with Crippen molar-refractivity contribution in [2.75, 3.05) is 0 Å². The minimum atomic E-state index is 0.822. The third kappa shape index (κ3) is 4.56. The minimum absolute atomic E-state index is 0.822. The number of hydrogen-bond acceptors (Lipinski definition) is 6. The lowest BCUT2D eigenvalue weighted by molar-refractivity contribution is 0.426. The summed E-state index contributed by atoms with van der Waals surface area (Å²) in [5.41, 5.74) is 3.13. The highest BCUT2D eigenvalue weighted by Crippen LogP contribution is 2.38. The summed E-state index contributed by atoms with van der Waals surface area (Å²) in [5.74, 6) is 2.56. The Hall–Kier alpha value is -1.37.